The van der Waals surface area contributed by atoms with E-state index in [1.54, 1.807) is 13.0 Å². The largest absolute Gasteiger partial charge is 0.319 e. The molecule has 138 valence electrons. The minimum absolute atomic E-state index is 0.00371. The second-order valence-corrected chi connectivity index (χ2v) is 6.52. The summed E-state index contributed by atoms with van der Waals surface area (Å²) < 4.78 is 27.2. The van der Waals surface area contributed by atoms with Gasteiger partial charge in [0.25, 0.3) is 12.1 Å². The molecule has 1 heterocycles. The minimum atomic E-state index is -2.84. The predicted octanol–water partition coefficient (Wildman–Crippen LogP) is 4.21. The topological polar surface area (TPSA) is 90.1 Å². The van der Waals surface area contributed by atoms with Gasteiger partial charge in [0.1, 0.15) is 17.9 Å². The second-order valence-electron chi connectivity index (χ2n) is 6.14. The van der Waals surface area contributed by atoms with Crippen molar-refractivity contribution in [2.75, 3.05) is 5.32 Å². The van der Waals surface area contributed by atoms with Gasteiger partial charge in [-0.2, -0.15) is 5.10 Å². The fourth-order valence-corrected chi connectivity index (χ4v) is 3.08. The van der Waals surface area contributed by atoms with E-state index in [-0.39, 0.29) is 28.9 Å². The predicted molar refractivity (Wildman–Crippen MR) is 90.6 cm³/mol. The number of alkyl halides is 2. The highest BCUT2D eigenvalue weighted by Crippen LogP contribution is 2.45. The van der Waals surface area contributed by atoms with E-state index in [4.69, 9.17) is 11.6 Å². The van der Waals surface area contributed by atoms with Crippen LogP contribution in [-0.4, -0.2) is 20.6 Å². The van der Waals surface area contributed by atoms with Crippen LogP contribution in [0.2, 0.25) is 5.02 Å². The van der Waals surface area contributed by atoms with Gasteiger partial charge in [0.2, 0.25) is 5.91 Å². The van der Waals surface area contributed by atoms with Gasteiger partial charge < -0.3 is 5.32 Å². The maximum Gasteiger partial charge on any atom is 0.293 e. The summed E-state index contributed by atoms with van der Waals surface area (Å²) in [6.45, 7) is 1.33. The molecule has 0 saturated heterocycles. The summed E-state index contributed by atoms with van der Waals surface area (Å²) in [6, 6.07) is 4.39. The highest BCUT2D eigenvalue weighted by molar-refractivity contribution is 6.32. The lowest BCUT2D eigenvalue weighted by atomic mass is 10.2. The molecule has 1 aliphatic carbocycles. The lowest BCUT2D eigenvalue weighted by molar-refractivity contribution is -0.384. The van der Waals surface area contributed by atoms with Gasteiger partial charge in [0.15, 0.2) is 0 Å². The zero-order valence-corrected chi connectivity index (χ0v) is 14.5. The van der Waals surface area contributed by atoms with Crippen molar-refractivity contribution >= 4 is 28.9 Å². The van der Waals surface area contributed by atoms with E-state index in [2.05, 4.69) is 10.4 Å². The minimum Gasteiger partial charge on any atom is -0.319 e. The normalized spacial score (nSPS) is 13.9. The molecule has 3 rings (SSSR count). The van der Waals surface area contributed by atoms with Crippen molar-refractivity contribution in [1.82, 2.24) is 9.78 Å². The number of carbonyl (C=O) groups excluding carboxylic acids is 1. The fourth-order valence-electron chi connectivity index (χ4n) is 2.70. The van der Waals surface area contributed by atoms with E-state index < -0.39 is 22.9 Å². The van der Waals surface area contributed by atoms with Gasteiger partial charge in [-0.15, -0.1) is 0 Å². The lowest BCUT2D eigenvalue weighted by Gasteiger charge is -2.09. The zero-order valence-electron chi connectivity index (χ0n) is 13.7. The number of halogens is 3. The van der Waals surface area contributed by atoms with Gasteiger partial charge in [-0.25, -0.2) is 8.78 Å². The van der Waals surface area contributed by atoms with Crippen LogP contribution in [0.1, 0.15) is 42.1 Å². The standard InChI is InChI=1S/C16H15ClF2N4O3/c1-8-2-5-10(11(6-8)23(25)26)20-12(24)7-22-15(9-3-4-9)13(17)14(21-22)16(18)19/h2,5-6,9,16H,3-4,7H2,1H3,(H,20,24). The number of aromatic nitrogens is 2. The van der Waals surface area contributed by atoms with Gasteiger partial charge >= 0.3 is 0 Å². The third kappa shape index (κ3) is 3.67. The molecule has 10 heteroatoms. The average molecular weight is 385 g/mol. The van der Waals surface area contributed by atoms with Crippen LogP contribution in [0.5, 0.6) is 0 Å². The van der Waals surface area contributed by atoms with Crippen LogP contribution < -0.4 is 5.32 Å². The monoisotopic (exact) mass is 384 g/mol. The molecule has 1 saturated carbocycles. The molecule has 1 aliphatic rings. The van der Waals surface area contributed by atoms with Crippen LogP contribution in [0, 0.1) is 17.0 Å². The molecule has 0 bridgehead atoms. The number of nitrogens with zero attached hydrogens (tertiary/aromatic N) is 3. The van der Waals surface area contributed by atoms with Crippen molar-refractivity contribution in [2.45, 2.75) is 38.7 Å². The van der Waals surface area contributed by atoms with E-state index in [9.17, 15) is 23.7 Å². The van der Waals surface area contributed by atoms with E-state index in [0.717, 1.165) is 17.5 Å². The molecular formula is C16H15ClF2N4O3. The summed E-state index contributed by atoms with van der Waals surface area (Å²) in [5.41, 5.74) is 0.322. The van der Waals surface area contributed by atoms with Crippen molar-refractivity contribution < 1.29 is 18.5 Å². The first-order valence-corrected chi connectivity index (χ1v) is 8.25. The molecule has 1 aromatic carbocycles. The van der Waals surface area contributed by atoms with Gasteiger partial charge in [-0.3, -0.25) is 19.6 Å². The molecule has 0 atom stereocenters. The molecular weight excluding hydrogens is 370 g/mol. The van der Waals surface area contributed by atoms with Crippen molar-refractivity contribution in [3.8, 4) is 0 Å². The molecule has 26 heavy (non-hydrogen) atoms. The van der Waals surface area contributed by atoms with Crippen molar-refractivity contribution in [3.05, 3.63) is 50.3 Å². The Kier molecular flexibility index (Phi) is 4.90. The number of anilines is 1. The number of carbonyl (C=O) groups is 1. The average Bonchev–Trinajstić information content (AvgIpc) is 3.33. The Hall–Kier alpha value is -2.55. The molecule has 1 amide bonds. The molecule has 1 fully saturated rings. The highest BCUT2D eigenvalue weighted by Gasteiger charge is 2.34. The Labute approximate surface area is 152 Å². The smallest absolute Gasteiger partial charge is 0.293 e. The number of nitro benzene ring substituents is 1. The van der Waals surface area contributed by atoms with Crippen LogP contribution in [-0.2, 0) is 11.3 Å². The molecule has 0 aliphatic heterocycles. The number of aryl methyl sites for hydroxylation is 1. The van der Waals surface area contributed by atoms with Crippen molar-refractivity contribution in [3.63, 3.8) is 0 Å². The number of nitrogens with one attached hydrogen (secondary N) is 1. The summed E-state index contributed by atoms with van der Waals surface area (Å²) in [7, 11) is 0. The molecule has 1 aromatic heterocycles. The van der Waals surface area contributed by atoms with Gasteiger partial charge in [-0.05, 0) is 31.4 Å². The maximum absolute atomic E-state index is 13.0. The van der Waals surface area contributed by atoms with Crippen molar-refractivity contribution in [1.29, 1.82) is 0 Å². The first-order valence-electron chi connectivity index (χ1n) is 7.87. The number of hydrogen-bond acceptors (Lipinski definition) is 4. The van der Waals surface area contributed by atoms with Gasteiger partial charge in [0.05, 0.1) is 15.6 Å². The van der Waals surface area contributed by atoms with E-state index in [1.165, 1.54) is 12.1 Å². The van der Waals surface area contributed by atoms with Crippen LogP contribution in [0.4, 0.5) is 20.2 Å². The Morgan fingerprint density at radius 3 is 2.77 bits per heavy atom. The SMILES string of the molecule is Cc1ccc(NC(=O)Cn2nc(C(F)F)c(Cl)c2C2CC2)c([N+](=O)[O-])c1. The second kappa shape index (κ2) is 6.99. The van der Waals surface area contributed by atoms with Crippen LogP contribution in [0.3, 0.4) is 0 Å². The number of benzene rings is 1. The Bertz CT molecular complexity index is 881. The van der Waals surface area contributed by atoms with Gasteiger partial charge in [0, 0.05) is 12.0 Å². The summed E-state index contributed by atoms with van der Waals surface area (Å²) in [4.78, 5) is 22.8. The third-order valence-electron chi connectivity index (χ3n) is 4.04. The fraction of sp³-hybridized carbons (Fsp3) is 0.375. The maximum atomic E-state index is 13.0. The van der Waals surface area contributed by atoms with Crippen LogP contribution >= 0.6 is 11.6 Å². The van der Waals surface area contributed by atoms with Crippen LogP contribution in [0.15, 0.2) is 18.2 Å². The first-order chi connectivity index (χ1) is 12.3. The summed E-state index contributed by atoms with van der Waals surface area (Å²) >= 11 is 6.00. The van der Waals surface area contributed by atoms with Crippen molar-refractivity contribution in [2.24, 2.45) is 0 Å². The Morgan fingerprint density at radius 1 is 1.50 bits per heavy atom. The number of nitro groups is 1. The lowest BCUT2D eigenvalue weighted by Crippen LogP contribution is -2.21. The molecule has 0 unspecified atom stereocenters. The number of hydrogen-bond donors (Lipinski definition) is 1. The highest BCUT2D eigenvalue weighted by atomic mass is 35.5. The molecule has 1 N–H and O–H groups in total. The van der Waals surface area contributed by atoms with Crippen LogP contribution in [0.25, 0.3) is 0 Å². The summed E-state index contributed by atoms with van der Waals surface area (Å²) in [6.07, 6.45) is -1.26. The molecule has 0 spiro atoms. The molecule has 0 radical (unpaired) electrons. The molecule has 2 aromatic rings. The number of amides is 1. The third-order valence-corrected chi connectivity index (χ3v) is 4.43. The van der Waals surface area contributed by atoms with E-state index in [0.29, 0.717) is 11.3 Å². The summed E-state index contributed by atoms with van der Waals surface area (Å²) in [5, 5.41) is 17.2. The molecule has 7 nitrogen and oxygen atoms in total. The summed E-state index contributed by atoms with van der Waals surface area (Å²) in [5.74, 6) is -0.608. The van der Waals surface area contributed by atoms with E-state index >= 15 is 0 Å². The zero-order chi connectivity index (χ0) is 19.0. The number of rotatable bonds is 6. The quantitative estimate of drug-likeness (QED) is 0.596. The Morgan fingerprint density at radius 2 is 2.19 bits per heavy atom. The van der Waals surface area contributed by atoms with E-state index in [1.807, 2.05) is 0 Å². The van der Waals surface area contributed by atoms with Gasteiger partial charge in [-0.1, -0.05) is 17.7 Å². The first kappa shape index (κ1) is 18.2. The Balaban J connectivity index is 1.83.